The van der Waals surface area contributed by atoms with Crippen molar-refractivity contribution in [1.29, 1.82) is 0 Å². The molecule has 0 amide bonds. The highest BCUT2D eigenvalue weighted by atomic mass is 16.3. The summed E-state index contributed by atoms with van der Waals surface area (Å²) in [4.78, 5) is 39.2. The van der Waals surface area contributed by atoms with E-state index in [9.17, 15) is 0 Å². The highest BCUT2D eigenvalue weighted by molar-refractivity contribution is 6.15. The van der Waals surface area contributed by atoms with Crippen LogP contribution in [0.3, 0.4) is 0 Å². The lowest BCUT2D eigenvalue weighted by Crippen LogP contribution is -1.84. The smallest absolute Gasteiger partial charge is 0.168 e. The third-order valence-corrected chi connectivity index (χ3v) is 13.3. The Morgan fingerprint density at radius 3 is 0.961 bits per heavy atom. The van der Waals surface area contributed by atoms with E-state index in [1.807, 2.05) is 170 Å². The van der Waals surface area contributed by atoms with Gasteiger partial charge in [-0.3, -0.25) is 0 Å². The number of hydrogen-bond acceptors (Lipinski definition) is 14. The first-order valence-electron chi connectivity index (χ1n) is 24.2. The van der Waals surface area contributed by atoms with Gasteiger partial charge in [-0.25, -0.2) is 29.9 Å². The summed E-state index contributed by atoms with van der Waals surface area (Å²) in [6, 6.07) is 53.5. The minimum atomic E-state index is 0.325. The lowest BCUT2D eigenvalue weighted by atomic mass is 10.1. The fourth-order valence-electron chi connectivity index (χ4n) is 9.78. The Hall–Kier alpha value is -11.0. The molecule has 8 bridgehead atoms. The Kier molecular flexibility index (Phi) is 9.74. The van der Waals surface area contributed by atoms with E-state index in [0.717, 1.165) is 0 Å². The molecule has 16 heteroatoms. The topological polar surface area (TPSA) is 213 Å². The molecule has 8 aromatic carbocycles. The molecule has 16 nitrogen and oxygen atoms in total. The summed E-state index contributed by atoms with van der Waals surface area (Å²) in [7, 11) is 0. The summed E-state index contributed by atoms with van der Waals surface area (Å²) in [5.74, 6) is 0.650. The third-order valence-electron chi connectivity index (χ3n) is 13.3. The largest absolute Gasteiger partial charge is 0.456 e. The first-order valence-corrected chi connectivity index (χ1v) is 24.2. The minimum Gasteiger partial charge on any atom is -0.456 e. The highest BCUT2D eigenvalue weighted by Gasteiger charge is 2.22. The summed E-state index contributed by atoms with van der Waals surface area (Å²) >= 11 is 0. The van der Waals surface area contributed by atoms with Crippen LogP contribution in [0.4, 0.5) is 0 Å². The van der Waals surface area contributed by atoms with Gasteiger partial charge in [-0.1, -0.05) is 97.1 Å². The Bertz CT molecular complexity index is 4860. The second-order valence-electron chi connectivity index (χ2n) is 17.9. The molecule has 3 aromatic heterocycles. The lowest BCUT2D eigenvalue weighted by Gasteiger charge is -1.99. The van der Waals surface area contributed by atoms with Crippen LogP contribution in [0.15, 0.2) is 212 Å². The van der Waals surface area contributed by atoms with Crippen molar-refractivity contribution >= 4 is 132 Å². The number of nitrogens with zero attached hydrogens (tertiary/aromatic N) is 10. The van der Waals surface area contributed by atoms with Gasteiger partial charge >= 0.3 is 0 Å². The average molecular weight is 987 g/mol. The molecular formula is C60H34N12O4. The quantitative estimate of drug-likeness (QED) is 0.145. The van der Waals surface area contributed by atoms with Gasteiger partial charge in [-0.15, -0.1) is 0 Å². The van der Waals surface area contributed by atoms with Crippen molar-refractivity contribution in [1.82, 2.24) is 60.3 Å². The van der Waals surface area contributed by atoms with Crippen LogP contribution in [0.2, 0.25) is 0 Å². The maximum Gasteiger partial charge on any atom is 0.168 e. The normalized spacial score (nSPS) is 11.7. The average Bonchev–Trinajstić information content (AvgIpc) is 4.26. The minimum absolute atomic E-state index is 0.325. The van der Waals surface area contributed by atoms with Crippen molar-refractivity contribution in [3.63, 3.8) is 0 Å². The molecule has 0 atom stereocenters. The molecule has 11 aromatic rings. The van der Waals surface area contributed by atoms with E-state index >= 15 is 0 Å². The van der Waals surface area contributed by atoms with Gasteiger partial charge in [0, 0.05) is 43.1 Å². The van der Waals surface area contributed by atoms with Gasteiger partial charge in [0.1, 0.15) is 67.3 Å². The van der Waals surface area contributed by atoms with Crippen LogP contribution < -0.4 is 0 Å². The van der Waals surface area contributed by atoms with Gasteiger partial charge in [0.25, 0.3) is 0 Å². The third kappa shape index (κ3) is 7.23. The van der Waals surface area contributed by atoms with Crippen molar-refractivity contribution in [2.45, 2.75) is 0 Å². The van der Waals surface area contributed by atoms with E-state index < -0.39 is 0 Å². The predicted molar refractivity (Wildman–Crippen MR) is 294 cm³/mol. The molecule has 0 fully saturated rings. The van der Waals surface area contributed by atoms with E-state index in [1.54, 1.807) is 24.8 Å². The molecule has 0 saturated heterocycles. The molecule has 4 aliphatic heterocycles. The van der Waals surface area contributed by atoms with Gasteiger partial charge in [0.15, 0.2) is 22.9 Å². The molecule has 4 aliphatic rings. The van der Waals surface area contributed by atoms with Crippen LogP contribution >= 0.6 is 0 Å². The first kappa shape index (κ1) is 42.7. The molecule has 358 valence electrons. The van der Waals surface area contributed by atoms with E-state index in [2.05, 4.69) is 30.4 Å². The maximum absolute atomic E-state index is 6.85. The zero-order valence-electron chi connectivity index (χ0n) is 39.6. The maximum atomic E-state index is 6.85. The molecule has 0 unspecified atom stereocenters. The second kappa shape index (κ2) is 17.3. The number of fused-ring (bicyclic) bond motifs is 12. The van der Waals surface area contributed by atoms with Gasteiger partial charge in [-0.05, 0) is 72.8 Å². The van der Waals surface area contributed by atoms with Gasteiger partial charge in [0.2, 0.25) is 0 Å². The fourth-order valence-corrected chi connectivity index (χ4v) is 9.78. The van der Waals surface area contributed by atoms with Crippen molar-refractivity contribution in [3.05, 3.63) is 195 Å². The van der Waals surface area contributed by atoms with Crippen LogP contribution in [0.1, 0.15) is 0 Å². The summed E-state index contributed by atoms with van der Waals surface area (Å²) in [6.45, 7) is 0. The SMILES string of the molecule is c1ccc2oc3cccc4c3-c3nc4nc4[nH]c5nc6nc(nc7[nH]c(n3)c3c(cccc73)oc3ccccc3cnncc2c1)c1cccc(oc2ccccc2cnncc2ccccc2oc2cccc4c52)c1-6. The number of para-hydroxylation sites is 4. The van der Waals surface area contributed by atoms with Crippen LogP contribution in [-0.4, -0.2) is 60.3 Å². The van der Waals surface area contributed by atoms with Crippen LogP contribution in [-0.2, 0) is 0 Å². The molecule has 7 heterocycles. The fraction of sp³-hybridized carbons (Fsp3) is 0. The number of H-pyrrole nitrogens is 2. The summed E-state index contributed by atoms with van der Waals surface area (Å²) in [5, 5.41) is 24.6. The van der Waals surface area contributed by atoms with Gasteiger partial charge in [-0.2, -0.15) is 20.4 Å². The Morgan fingerprint density at radius 2 is 0.579 bits per heavy atom. The molecule has 0 aliphatic carbocycles. The van der Waals surface area contributed by atoms with Crippen molar-refractivity contribution in [2.24, 2.45) is 0 Å². The van der Waals surface area contributed by atoms with E-state index in [-0.39, 0.29) is 0 Å². The van der Waals surface area contributed by atoms with E-state index in [4.69, 9.17) is 47.6 Å². The summed E-state index contributed by atoms with van der Waals surface area (Å²) < 4.78 is 27.4. The van der Waals surface area contributed by atoms with Crippen molar-refractivity contribution in [2.75, 3.05) is 0 Å². The molecular weight excluding hydrogens is 953 g/mol. The predicted octanol–water partition coefficient (Wildman–Crippen LogP) is 14.3. The van der Waals surface area contributed by atoms with Crippen molar-refractivity contribution < 1.29 is 17.7 Å². The number of aromatic amines is 2. The molecule has 0 spiro atoms. The number of rotatable bonds is 0. The van der Waals surface area contributed by atoms with Gasteiger partial charge in [0.05, 0.1) is 46.7 Å². The molecule has 15 rings (SSSR count). The first-order chi connectivity index (χ1) is 37.6. The molecule has 76 heavy (non-hydrogen) atoms. The Balaban J connectivity index is 1.20. The van der Waals surface area contributed by atoms with Crippen LogP contribution in [0, 0.1) is 0 Å². The summed E-state index contributed by atoms with van der Waals surface area (Å²) in [5.41, 5.74) is 7.78. The Labute approximate surface area is 426 Å². The monoisotopic (exact) mass is 986 g/mol. The number of nitrogens with one attached hydrogen (secondary N) is 2. The summed E-state index contributed by atoms with van der Waals surface area (Å²) in [6.07, 6.45) is 6.62. The van der Waals surface area contributed by atoms with Crippen LogP contribution in [0.25, 0.3) is 155 Å². The highest BCUT2D eigenvalue weighted by Crippen LogP contribution is 2.38. The van der Waals surface area contributed by atoms with E-state index in [0.29, 0.717) is 155 Å². The van der Waals surface area contributed by atoms with E-state index in [1.165, 1.54) is 0 Å². The standard InChI is InChI=1S/C60H34N12O4/c1-5-21-41-33(13-1)29-61-62-30-34-14-2-6-22-42(34)74-46-26-10-18-38-50(46)58-68-55(38)66-56-40-20-12-28-48-52(40)60(70-56)72-59-51-39(54(69-59)65-53-37-17-9-25-45(73-41)49(37)57(67-53)71-58)19-11-27-47(51)75-43-23-7-3-15-35(43)31-63-64-32-36-16-4-8-24-44(36)76-48/h1-32H,(H2,65,66,67,68,69,70,71,72). The molecule has 0 saturated carbocycles. The number of aromatic nitrogens is 12. The van der Waals surface area contributed by atoms with Gasteiger partial charge < -0.3 is 27.6 Å². The lowest BCUT2D eigenvalue weighted by molar-refractivity contribution is 0.659. The molecule has 2 N–H and O–H groups in total. The number of benzene rings is 8. The zero-order chi connectivity index (χ0) is 50.1. The molecule has 0 radical (unpaired) electrons. The van der Waals surface area contributed by atoms with Crippen LogP contribution in [0.5, 0.6) is 0 Å². The van der Waals surface area contributed by atoms with Crippen molar-refractivity contribution in [3.8, 4) is 22.8 Å². The number of hydrogen-bond donors (Lipinski definition) is 2. The zero-order valence-corrected chi connectivity index (χ0v) is 39.6. The Morgan fingerprint density at radius 1 is 0.263 bits per heavy atom. The second-order valence-corrected chi connectivity index (χ2v) is 17.9.